The molecular weight excluding hydrogens is 543 g/mol. The van der Waals surface area contributed by atoms with Gasteiger partial charge in [0.1, 0.15) is 4.90 Å². The highest BCUT2D eigenvalue weighted by atomic mass is 35.5. The summed E-state index contributed by atoms with van der Waals surface area (Å²) in [7, 11) is -2.82. The molecule has 3 N–H and O–H groups in total. The molecule has 3 aromatic rings. The molecule has 0 aliphatic heterocycles. The molecule has 194 valence electrons. The Morgan fingerprint density at radius 3 is 2.38 bits per heavy atom. The summed E-state index contributed by atoms with van der Waals surface area (Å²) >= 11 is 12.0. The number of ether oxygens (including phenoxy) is 2. The van der Waals surface area contributed by atoms with E-state index in [1.54, 1.807) is 6.07 Å². The smallest absolute Gasteiger partial charge is 0.307 e. The fourth-order valence-corrected chi connectivity index (χ4v) is 5.26. The molecule has 0 unspecified atom stereocenters. The molecule has 0 radical (unpaired) electrons. The Morgan fingerprint density at radius 1 is 1.00 bits per heavy atom. The second kappa shape index (κ2) is 10.9. The molecule has 0 saturated heterocycles. The van der Waals surface area contributed by atoms with Crippen LogP contribution in [-0.4, -0.2) is 38.6 Å². The summed E-state index contributed by atoms with van der Waals surface area (Å²) in [6, 6.07) is 13.0. The number of amides is 1. The monoisotopic (exact) mass is 564 g/mol. The number of hydrogen-bond acceptors (Lipinski definition) is 6. The van der Waals surface area contributed by atoms with E-state index in [0.29, 0.717) is 5.56 Å². The van der Waals surface area contributed by atoms with Gasteiger partial charge in [-0.05, 0) is 66.9 Å². The van der Waals surface area contributed by atoms with Gasteiger partial charge in [0.25, 0.3) is 15.9 Å². The van der Waals surface area contributed by atoms with Gasteiger partial charge in [-0.3, -0.25) is 14.3 Å². The SMILES string of the molecule is COc1cc(CC(=O)O)ccc1Oc1ccc(C(=O)NC2CC2)cc1NS(=O)(=O)c1ccc(Cl)cc1Cl. The first-order valence-electron chi connectivity index (χ1n) is 11.0. The third kappa shape index (κ3) is 6.65. The van der Waals surface area contributed by atoms with Crippen LogP contribution >= 0.6 is 23.2 Å². The quantitative estimate of drug-likeness (QED) is 0.311. The number of rotatable bonds is 10. The number of carbonyl (C=O) groups is 2. The lowest BCUT2D eigenvalue weighted by molar-refractivity contribution is -0.136. The number of carboxylic acids is 1. The molecule has 12 heteroatoms. The van der Waals surface area contributed by atoms with E-state index in [1.165, 1.54) is 55.6 Å². The predicted molar refractivity (Wildman–Crippen MR) is 139 cm³/mol. The molecule has 0 spiro atoms. The molecule has 1 fully saturated rings. The number of sulfonamides is 1. The average molecular weight is 565 g/mol. The van der Waals surface area contributed by atoms with Crippen LogP contribution in [-0.2, 0) is 21.2 Å². The van der Waals surface area contributed by atoms with Gasteiger partial charge in [0.2, 0.25) is 0 Å². The van der Waals surface area contributed by atoms with Crippen molar-refractivity contribution in [3.63, 3.8) is 0 Å². The number of nitrogens with one attached hydrogen (secondary N) is 2. The average Bonchev–Trinajstić information content (AvgIpc) is 3.64. The lowest BCUT2D eigenvalue weighted by atomic mass is 10.1. The lowest BCUT2D eigenvalue weighted by Gasteiger charge is -2.17. The van der Waals surface area contributed by atoms with Gasteiger partial charge in [-0.25, -0.2) is 8.42 Å². The summed E-state index contributed by atoms with van der Waals surface area (Å²) in [4.78, 5) is 23.5. The van der Waals surface area contributed by atoms with E-state index in [1.807, 2.05) is 0 Å². The van der Waals surface area contributed by atoms with Crippen LogP contribution in [0, 0.1) is 0 Å². The maximum absolute atomic E-state index is 13.2. The zero-order chi connectivity index (χ0) is 26.7. The number of anilines is 1. The van der Waals surface area contributed by atoms with Gasteiger partial charge < -0.3 is 19.9 Å². The number of halogens is 2. The van der Waals surface area contributed by atoms with E-state index in [4.69, 9.17) is 37.8 Å². The van der Waals surface area contributed by atoms with Crippen LogP contribution in [0.3, 0.4) is 0 Å². The molecule has 1 amide bonds. The molecular formula is C25H22Cl2N2O7S. The highest BCUT2D eigenvalue weighted by Gasteiger charge is 2.26. The van der Waals surface area contributed by atoms with E-state index in [9.17, 15) is 18.0 Å². The van der Waals surface area contributed by atoms with Crippen LogP contribution < -0.4 is 19.5 Å². The molecule has 4 rings (SSSR count). The Balaban J connectivity index is 1.71. The Kier molecular flexibility index (Phi) is 7.82. The number of benzene rings is 3. The van der Waals surface area contributed by atoms with E-state index in [-0.39, 0.29) is 61.8 Å². The largest absolute Gasteiger partial charge is 0.493 e. The summed E-state index contributed by atoms with van der Waals surface area (Å²) in [6.07, 6.45) is 1.56. The third-order valence-corrected chi connectivity index (χ3v) is 7.47. The summed E-state index contributed by atoms with van der Waals surface area (Å²) in [5.41, 5.74) is 0.691. The van der Waals surface area contributed by atoms with Gasteiger partial charge in [-0.2, -0.15) is 0 Å². The van der Waals surface area contributed by atoms with Gasteiger partial charge in [-0.15, -0.1) is 0 Å². The van der Waals surface area contributed by atoms with Crippen LogP contribution in [0.4, 0.5) is 5.69 Å². The summed E-state index contributed by atoms with van der Waals surface area (Å²) in [5.74, 6) is -0.843. The van der Waals surface area contributed by atoms with Crippen molar-refractivity contribution in [3.05, 3.63) is 75.8 Å². The van der Waals surface area contributed by atoms with E-state index in [0.717, 1.165) is 12.8 Å². The fraction of sp³-hybridized carbons (Fsp3) is 0.200. The molecule has 1 aliphatic carbocycles. The highest BCUT2D eigenvalue weighted by molar-refractivity contribution is 7.92. The second-order valence-corrected chi connectivity index (χ2v) is 10.8. The maximum Gasteiger partial charge on any atom is 0.307 e. The fourth-order valence-electron chi connectivity index (χ4n) is 3.43. The van der Waals surface area contributed by atoms with Crippen LogP contribution in [0.25, 0.3) is 0 Å². The summed E-state index contributed by atoms with van der Waals surface area (Å²) < 4.78 is 40.2. The van der Waals surface area contributed by atoms with Gasteiger partial charge >= 0.3 is 5.97 Å². The molecule has 9 nitrogen and oxygen atoms in total. The Morgan fingerprint density at radius 2 is 1.73 bits per heavy atom. The zero-order valence-corrected chi connectivity index (χ0v) is 21.8. The molecule has 0 bridgehead atoms. The van der Waals surface area contributed by atoms with E-state index < -0.39 is 16.0 Å². The van der Waals surface area contributed by atoms with Crippen molar-refractivity contribution >= 4 is 50.8 Å². The minimum atomic E-state index is -4.21. The summed E-state index contributed by atoms with van der Waals surface area (Å²) in [5, 5.41) is 12.1. The molecule has 3 aromatic carbocycles. The van der Waals surface area contributed by atoms with Crippen molar-refractivity contribution < 1.29 is 32.6 Å². The minimum absolute atomic E-state index is 0.0221. The van der Waals surface area contributed by atoms with Crippen LogP contribution in [0.1, 0.15) is 28.8 Å². The van der Waals surface area contributed by atoms with Gasteiger partial charge in [0, 0.05) is 16.6 Å². The standard InChI is InChI=1S/C25H22Cl2N2O7S/c1-35-22-10-14(11-24(30)31)2-7-21(22)36-20-8-3-15(25(32)28-17-5-6-17)12-19(20)29-37(33,34)23-9-4-16(26)13-18(23)27/h2-4,7-10,12-13,17,29H,5-6,11H2,1H3,(H,28,32)(H,30,31). The highest BCUT2D eigenvalue weighted by Crippen LogP contribution is 2.38. The third-order valence-electron chi connectivity index (χ3n) is 5.39. The number of hydrogen-bond donors (Lipinski definition) is 3. The van der Waals surface area contributed by atoms with E-state index >= 15 is 0 Å². The zero-order valence-electron chi connectivity index (χ0n) is 19.5. The van der Waals surface area contributed by atoms with Crippen molar-refractivity contribution in [2.24, 2.45) is 0 Å². The minimum Gasteiger partial charge on any atom is -0.493 e. The molecule has 0 heterocycles. The number of carboxylic acid groups (broad SMARTS) is 1. The van der Waals surface area contributed by atoms with Crippen molar-refractivity contribution in [1.82, 2.24) is 5.32 Å². The first kappa shape index (κ1) is 26.6. The topological polar surface area (TPSA) is 131 Å². The van der Waals surface area contributed by atoms with Gasteiger partial charge in [0.15, 0.2) is 17.2 Å². The van der Waals surface area contributed by atoms with Gasteiger partial charge in [-0.1, -0.05) is 29.3 Å². The second-order valence-electron chi connectivity index (χ2n) is 8.30. The van der Waals surface area contributed by atoms with Gasteiger partial charge in [0.05, 0.1) is 24.2 Å². The van der Waals surface area contributed by atoms with Crippen LogP contribution in [0.15, 0.2) is 59.5 Å². The normalized spacial score (nSPS) is 13.1. The maximum atomic E-state index is 13.2. The molecule has 1 aliphatic rings. The number of methoxy groups -OCH3 is 1. The van der Waals surface area contributed by atoms with E-state index in [2.05, 4.69) is 10.0 Å². The Labute approximate surface area is 223 Å². The predicted octanol–water partition coefficient (Wildman–Crippen LogP) is 5.11. The molecule has 1 saturated carbocycles. The van der Waals surface area contributed by atoms with Crippen LogP contribution in [0.2, 0.25) is 10.0 Å². The molecule has 0 atom stereocenters. The Bertz CT molecular complexity index is 1470. The molecule has 37 heavy (non-hydrogen) atoms. The summed E-state index contributed by atoms with van der Waals surface area (Å²) in [6.45, 7) is 0. The van der Waals surface area contributed by atoms with Crippen molar-refractivity contribution in [3.8, 4) is 17.2 Å². The van der Waals surface area contributed by atoms with Crippen molar-refractivity contribution in [1.29, 1.82) is 0 Å². The van der Waals surface area contributed by atoms with Crippen molar-refractivity contribution in [2.45, 2.75) is 30.2 Å². The van der Waals surface area contributed by atoms with Crippen molar-refractivity contribution in [2.75, 3.05) is 11.8 Å². The number of aliphatic carboxylic acids is 1. The lowest BCUT2D eigenvalue weighted by Crippen LogP contribution is -2.25. The number of carbonyl (C=O) groups excluding carboxylic acids is 1. The first-order valence-corrected chi connectivity index (χ1v) is 13.3. The molecule has 0 aromatic heterocycles. The first-order chi connectivity index (χ1) is 17.6. The van der Waals surface area contributed by atoms with Crippen LogP contribution in [0.5, 0.6) is 17.2 Å². The Hall–Kier alpha value is -3.47.